The number of benzene rings is 1. The van der Waals surface area contributed by atoms with Crippen molar-refractivity contribution >= 4 is 37.1 Å². The van der Waals surface area contributed by atoms with Crippen LogP contribution in [0.3, 0.4) is 0 Å². The van der Waals surface area contributed by atoms with Crippen molar-refractivity contribution in [3.05, 3.63) is 30.2 Å². The molecule has 0 atom stereocenters. The summed E-state index contributed by atoms with van der Waals surface area (Å²) in [5, 5.41) is 2.30. The Kier molecular flexibility index (Phi) is 4.11. The minimum absolute atomic E-state index is 0.0614. The molecule has 3 rings (SSSR count). The van der Waals surface area contributed by atoms with E-state index in [1.807, 2.05) is 20.8 Å². The topological polar surface area (TPSA) is 138 Å². The molecule has 140 valence electrons. The first kappa shape index (κ1) is 18.4. The zero-order valence-corrected chi connectivity index (χ0v) is 16.0. The molecular formula is C15H18N4O5S2. The molecule has 9 nitrogen and oxygen atoms in total. The van der Waals surface area contributed by atoms with Crippen molar-refractivity contribution in [1.29, 1.82) is 0 Å². The van der Waals surface area contributed by atoms with Crippen LogP contribution < -0.4 is 10.0 Å². The molecule has 2 heterocycles. The molecule has 11 heteroatoms. The monoisotopic (exact) mass is 398 g/mol. The van der Waals surface area contributed by atoms with E-state index in [0.29, 0.717) is 5.69 Å². The number of anilines is 2. The van der Waals surface area contributed by atoms with Crippen molar-refractivity contribution in [2.45, 2.75) is 36.1 Å². The first-order valence-corrected chi connectivity index (χ1v) is 10.8. The maximum absolute atomic E-state index is 12.7. The van der Waals surface area contributed by atoms with Gasteiger partial charge in [-0.3, -0.25) is 9.52 Å². The summed E-state index contributed by atoms with van der Waals surface area (Å²) in [5.41, 5.74) is 0.137. The third-order valence-electron chi connectivity index (χ3n) is 3.77. The van der Waals surface area contributed by atoms with E-state index < -0.39 is 36.9 Å². The highest BCUT2D eigenvalue weighted by molar-refractivity contribution is 7.93. The molecule has 2 aromatic rings. The Morgan fingerprint density at radius 2 is 1.92 bits per heavy atom. The molecule has 0 fully saturated rings. The number of imidazole rings is 1. The number of nitrogens with one attached hydrogen (secondary N) is 3. The first-order valence-electron chi connectivity index (χ1n) is 7.63. The van der Waals surface area contributed by atoms with E-state index in [0.717, 1.165) is 0 Å². The highest BCUT2D eigenvalue weighted by Crippen LogP contribution is 2.31. The molecule has 0 spiro atoms. The van der Waals surface area contributed by atoms with E-state index in [1.165, 1.54) is 24.5 Å². The van der Waals surface area contributed by atoms with Gasteiger partial charge in [0.2, 0.25) is 5.91 Å². The molecule has 0 bridgehead atoms. The Morgan fingerprint density at radius 1 is 1.23 bits per heavy atom. The number of fused-ring (bicyclic) bond motifs is 1. The van der Waals surface area contributed by atoms with Crippen LogP contribution >= 0.6 is 0 Å². The lowest BCUT2D eigenvalue weighted by atomic mass is 9.93. The number of sulfone groups is 1. The molecule has 26 heavy (non-hydrogen) atoms. The van der Waals surface area contributed by atoms with Gasteiger partial charge in [-0.2, -0.15) is 8.42 Å². The van der Waals surface area contributed by atoms with Crippen LogP contribution in [0.2, 0.25) is 0 Å². The van der Waals surface area contributed by atoms with Gasteiger partial charge in [0, 0.05) is 5.41 Å². The summed E-state index contributed by atoms with van der Waals surface area (Å²) in [4.78, 5) is 18.0. The lowest BCUT2D eigenvalue weighted by molar-refractivity contribution is -0.114. The van der Waals surface area contributed by atoms with Crippen LogP contribution in [0.4, 0.5) is 11.4 Å². The zero-order valence-electron chi connectivity index (χ0n) is 14.3. The van der Waals surface area contributed by atoms with Crippen molar-refractivity contribution in [2.24, 2.45) is 0 Å². The molecule has 1 aromatic heterocycles. The van der Waals surface area contributed by atoms with E-state index in [1.54, 1.807) is 0 Å². The SMILES string of the molecule is CC(C)(C)c1[nH]cnc1S(=O)(=O)Nc1ccc2c(c1)S(=O)(=O)CC(=O)N2. The molecule has 0 unspecified atom stereocenters. The second-order valence-corrected chi connectivity index (χ2v) is 10.5. The Morgan fingerprint density at radius 3 is 2.58 bits per heavy atom. The quantitative estimate of drug-likeness (QED) is 0.711. The van der Waals surface area contributed by atoms with Gasteiger partial charge in [-0.1, -0.05) is 20.8 Å². The summed E-state index contributed by atoms with van der Waals surface area (Å²) in [6, 6.07) is 3.91. The van der Waals surface area contributed by atoms with Crippen LogP contribution in [0.1, 0.15) is 26.5 Å². The predicted molar refractivity (Wildman–Crippen MR) is 95.2 cm³/mol. The second-order valence-electron chi connectivity index (χ2n) is 6.96. The van der Waals surface area contributed by atoms with Gasteiger partial charge in [-0.15, -0.1) is 0 Å². The number of sulfonamides is 1. The summed E-state index contributed by atoms with van der Waals surface area (Å²) in [7, 11) is -7.86. The van der Waals surface area contributed by atoms with E-state index >= 15 is 0 Å². The number of H-pyrrole nitrogens is 1. The standard InChI is InChI=1S/C15H18N4O5S2/c1-15(2,3)13-14(17-8-16-13)26(23,24)19-9-4-5-10-11(6-9)25(21,22)7-12(20)18-10/h4-6,8,19H,7H2,1-3H3,(H,16,17)(H,18,20). The Bertz CT molecular complexity index is 1100. The summed E-state index contributed by atoms with van der Waals surface area (Å²) < 4.78 is 52.1. The maximum Gasteiger partial charge on any atom is 0.281 e. The average molecular weight is 398 g/mol. The molecule has 1 aromatic carbocycles. The van der Waals surface area contributed by atoms with Crippen molar-refractivity contribution in [2.75, 3.05) is 15.8 Å². The summed E-state index contributed by atoms with van der Waals surface area (Å²) >= 11 is 0. The first-order chi connectivity index (χ1) is 11.9. The zero-order chi connectivity index (χ0) is 19.3. The highest BCUT2D eigenvalue weighted by atomic mass is 32.2. The average Bonchev–Trinajstić information content (AvgIpc) is 2.97. The van der Waals surface area contributed by atoms with Crippen LogP contribution in [0.5, 0.6) is 0 Å². The second kappa shape index (κ2) is 5.81. The summed E-state index contributed by atoms with van der Waals surface area (Å²) in [5.74, 6) is -1.30. The van der Waals surface area contributed by atoms with Gasteiger partial charge in [-0.25, -0.2) is 13.4 Å². The summed E-state index contributed by atoms with van der Waals surface area (Å²) in [6.07, 6.45) is 1.29. The fourth-order valence-electron chi connectivity index (χ4n) is 2.61. The third kappa shape index (κ3) is 3.31. The van der Waals surface area contributed by atoms with Gasteiger partial charge in [0.25, 0.3) is 10.0 Å². The summed E-state index contributed by atoms with van der Waals surface area (Å²) in [6.45, 7) is 5.52. The number of carbonyl (C=O) groups is 1. The third-order valence-corrected chi connectivity index (χ3v) is 6.75. The van der Waals surface area contributed by atoms with Crippen LogP contribution in [0, 0.1) is 0 Å². The van der Waals surface area contributed by atoms with Crippen molar-refractivity contribution < 1.29 is 21.6 Å². The molecule has 1 aliphatic heterocycles. The number of aromatic nitrogens is 2. The van der Waals surface area contributed by atoms with Crippen LogP contribution in [-0.2, 0) is 30.1 Å². The number of amides is 1. The number of aromatic amines is 1. The fraction of sp³-hybridized carbons (Fsp3) is 0.333. The van der Waals surface area contributed by atoms with Crippen molar-refractivity contribution in [1.82, 2.24) is 9.97 Å². The lowest BCUT2D eigenvalue weighted by Crippen LogP contribution is -2.29. The van der Waals surface area contributed by atoms with E-state index in [-0.39, 0.29) is 21.3 Å². The Labute approximate surface area is 151 Å². The molecule has 0 saturated heterocycles. The molecular weight excluding hydrogens is 380 g/mol. The molecule has 1 aliphatic rings. The van der Waals surface area contributed by atoms with Crippen LogP contribution in [0.15, 0.2) is 34.4 Å². The van der Waals surface area contributed by atoms with Gasteiger partial charge in [0.15, 0.2) is 14.9 Å². The van der Waals surface area contributed by atoms with Crippen molar-refractivity contribution in [3.63, 3.8) is 0 Å². The largest absolute Gasteiger partial charge is 0.347 e. The smallest absolute Gasteiger partial charge is 0.281 e. The lowest BCUT2D eigenvalue weighted by Gasteiger charge is -2.20. The number of carbonyl (C=O) groups excluding carboxylic acids is 1. The molecule has 0 saturated carbocycles. The Balaban J connectivity index is 2.00. The van der Waals surface area contributed by atoms with Crippen LogP contribution in [0.25, 0.3) is 0 Å². The Hall–Kier alpha value is -2.40. The van der Waals surface area contributed by atoms with Gasteiger partial charge in [0.05, 0.1) is 28.3 Å². The number of rotatable bonds is 3. The molecule has 0 radical (unpaired) electrons. The van der Waals surface area contributed by atoms with Gasteiger partial charge in [0.1, 0.15) is 5.75 Å². The van der Waals surface area contributed by atoms with Crippen LogP contribution in [-0.4, -0.2) is 38.5 Å². The number of nitrogens with zero attached hydrogens (tertiary/aromatic N) is 1. The normalized spacial score (nSPS) is 16.7. The van der Waals surface area contributed by atoms with E-state index in [2.05, 4.69) is 20.0 Å². The fourth-order valence-corrected chi connectivity index (χ4v) is 5.30. The number of hydrogen-bond donors (Lipinski definition) is 3. The minimum Gasteiger partial charge on any atom is -0.347 e. The van der Waals surface area contributed by atoms with Gasteiger partial charge in [-0.05, 0) is 18.2 Å². The highest BCUT2D eigenvalue weighted by Gasteiger charge is 2.31. The molecule has 3 N–H and O–H groups in total. The maximum atomic E-state index is 12.7. The number of hydrogen-bond acceptors (Lipinski definition) is 6. The molecule has 1 amide bonds. The predicted octanol–water partition coefficient (Wildman–Crippen LogP) is 1.23. The molecule has 0 aliphatic carbocycles. The minimum atomic E-state index is -4.03. The van der Waals surface area contributed by atoms with Gasteiger partial charge < -0.3 is 10.3 Å². The van der Waals surface area contributed by atoms with E-state index in [4.69, 9.17) is 0 Å². The van der Waals surface area contributed by atoms with Crippen molar-refractivity contribution in [3.8, 4) is 0 Å². The van der Waals surface area contributed by atoms with Gasteiger partial charge >= 0.3 is 0 Å². The van der Waals surface area contributed by atoms with E-state index in [9.17, 15) is 21.6 Å².